The highest BCUT2D eigenvalue weighted by atomic mass is 35.5. The van der Waals surface area contributed by atoms with Gasteiger partial charge in [0, 0.05) is 24.7 Å². The third kappa shape index (κ3) is 5.14. The van der Waals surface area contributed by atoms with Gasteiger partial charge in [0.1, 0.15) is 17.2 Å². The molecule has 0 saturated heterocycles. The molecule has 1 aromatic carbocycles. The Kier molecular flexibility index (Phi) is 8.05. The Balaban J connectivity index is 1.69. The zero-order valence-electron chi connectivity index (χ0n) is 20.7. The van der Waals surface area contributed by atoms with Gasteiger partial charge in [-0.1, -0.05) is 55.3 Å². The normalized spacial score (nSPS) is 11.1. The number of halogens is 1. The van der Waals surface area contributed by atoms with Crippen LogP contribution in [0.2, 0.25) is 5.15 Å². The summed E-state index contributed by atoms with van der Waals surface area (Å²) in [5.74, 6) is -0.167. The molecule has 0 spiro atoms. The van der Waals surface area contributed by atoms with Crippen LogP contribution in [0.5, 0.6) is 0 Å². The summed E-state index contributed by atoms with van der Waals surface area (Å²) >= 11 is 6.36. The van der Waals surface area contributed by atoms with E-state index in [1.807, 2.05) is 47.0 Å². The summed E-state index contributed by atoms with van der Waals surface area (Å²) in [7, 11) is 0. The largest absolute Gasteiger partial charge is 0.461 e. The van der Waals surface area contributed by atoms with Crippen molar-refractivity contribution in [3.05, 3.63) is 76.6 Å². The van der Waals surface area contributed by atoms with Gasteiger partial charge in [-0.25, -0.2) is 19.6 Å². The first-order valence-corrected chi connectivity index (χ1v) is 12.5. The highest BCUT2D eigenvalue weighted by Crippen LogP contribution is 2.27. The number of ether oxygens (including phenoxy) is 2. The predicted molar refractivity (Wildman–Crippen MR) is 137 cm³/mol. The van der Waals surface area contributed by atoms with Crippen molar-refractivity contribution in [2.24, 2.45) is 0 Å². The van der Waals surface area contributed by atoms with Crippen LogP contribution in [0, 0.1) is 0 Å². The van der Waals surface area contributed by atoms with E-state index in [0.717, 1.165) is 29.8 Å². The summed E-state index contributed by atoms with van der Waals surface area (Å²) in [4.78, 5) is 34.5. The number of hydrogen-bond donors (Lipinski definition) is 0. The van der Waals surface area contributed by atoms with E-state index in [4.69, 9.17) is 21.1 Å². The lowest BCUT2D eigenvalue weighted by Gasteiger charge is -2.12. The molecule has 0 fully saturated rings. The number of benzene rings is 1. The molecule has 0 bridgehead atoms. The third-order valence-corrected chi connectivity index (χ3v) is 6.06. The highest BCUT2D eigenvalue weighted by Gasteiger charge is 2.24. The molecule has 0 aliphatic heterocycles. The fourth-order valence-corrected chi connectivity index (χ4v) is 4.38. The molecule has 188 valence electrons. The minimum absolute atomic E-state index is 0.153. The Morgan fingerprint density at radius 2 is 1.61 bits per heavy atom. The van der Waals surface area contributed by atoms with Crippen LogP contribution in [0.4, 0.5) is 0 Å². The van der Waals surface area contributed by atoms with Crippen molar-refractivity contribution in [3.63, 3.8) is 0 Å². The molecule has 0 amide bonds. The lowest BCUT2D eigenvalue weighted by Crippen LogP contribution is -2.15. The Labute approximate surface area is 214 Å². The average molecular weight is 509 g/mol. The molecule has 4 rings (SSSR count). The van der Waals surface area contributed by atoms with Crippen molar-refractivity contribution in [1.82, 2.24) is 18.9 Å². The number of unbranched alkanes of at least 4 members (excludes halogenated alkanes) is 1. The molecule has 0 atom stereocenters. The maximum Gasteiger partial charge on any atom is 0.358 e. The smallest absolute Gasteiger partial charge is 0.358 e. The zero-order valence-corrected chi connectivity index (χ0v) is 21.4. The summed E-state index contributed by atoms with van der Waals surface area (Å²) in [6.45, 7) is 6.56. The van der Waals surface area contributed by atoms with Crippen LogP contribution in [0.25, 0.3) is 16.9 Å². The molecule has 0 unspecified atom stereocenters. The second kappa shape index (κ2) is 11.4. The number of hydrogen-bond acceptors (Lipinski definition) is 6. The van der Waals surface area contributed by atoms with Gasteiger partial charge in [-0.15, -0.1) is 0 Å². The average Bonchev–Trinajstić information content (AvgIpc) is 3.41. The van der Waals surface area contributed by atoms with E-state index in [2.05, 4.69) is 16.9 Å². The lowest BCUT2D eigenvalue weighted by molar-refractivity contribution is 0.0507. The molecule has 0 aliphatic carbocycles. The van der Waals surface area contributed by atoms with E-state index in [1.54, 1.807) is 24.4 Å². The zero-order chi connectivity index (χ0) is 25.7. The van der Waals surface area contributed by atoms with Crippen molar-refractivity contribution in [1.29, 1.82) is 0 Å². The minimum Gasteiger partial charge on any atom is -0.461 e. The molecule has 0 N–H and O–H groups in total. The molecule has 3 heterocycles. The maximum atomic E-state index is 12.8. The number of imidazole rings is 2. The minimum atomic E-state index is -0.488. The quantitative estimate of drug-likeness (QED) is 0.259. The summed E-state index contributed by atoms with van der Waals surface area (Å²) in [6, 6.07) is 13.3. The summed E-state index contributed by atoms with van der Waals surface area (Å²) in [5.41, 5.74) is 3.58. The third-order valence-electron chi connectivity index (χ3n) is 5.79. The van der Waals surface area contributed by atoms with Gasteiger partial charge in [-0.3, -0.25) is 4.40 Å². The number of pyridine rings is 1. The highest BCUT2D eigenvalue weighted by molar-refractivity contribution is 6.32. The molecule has 8 nitrogen and oxygen atoms in total. The lowest BCUT2D eigenvalue weighted by atomic mass is 10.1. The molecule has 0 aliphatic rings. The van der Waals surface area contributed by atoms with Gasteiger partial charge in [0.25, 0.3) is 0 Å². The van der Waals surface area contributed by atoms with Crippen LogP contribution in [0.1, 0.15) is 66.0 Å². The van der Waals surface area contributed by atoms with Crippen LogP contribution in [-0.4, -0.2) is 44.1 Å². The number of aromatic nitrogens is 4. The Morgan fingerprint density at radius 1 is 0.917 bits per heavy atom. The van der Waals surface area contributed by atoms with E-state index >= 15 is 0 Å². The summed E-state index contributed by atoms with van der Waals surface area (Å²) in [6.07, 6.45) is 4.43. The first-order chi connectivity index (χ1) is 17.5. The van der Waals surface area contributed by atoms with Crippen LogP contribution < -0.4 is 0 Å². The fourth-order valence-electron chi connectivity index (χ4n) is 4.10. The number of carbonyl (C=O) groups excluding carboxylic acids is 2. The van der Waals surface area contributed by atoms with Crippen molar-refractivity contribution in [2.45, 2.75) is 46.6 Å². The summed E-state index contributed by atoms with van der Waals surface area (Å²) < 4.78 is 14.1. The molecule has 36 heavy (non-hydrogen) atoms. The number of fused-ring (bicyclic) bond motifs is 1. The monoisotopic (exact) mass is 508 g/mol. The fraction of sp³-hybridized carbons (Fsp3) is 0.333. The van der Waals surface area contributed by atoms with Gasteiger partial charge < -0.3 is 14.0 Å². The second-order valence-electron chi connectivity index (χ2n) is 8.23. The standard InChI is InChI=1S/C27H29ClN4O4/c1-4-7-10-21-30-25(28)24(27(34)36-6-3)32(21)17-18-12-14-19(15-13-18)22-23(26(33)35-5-2)31-16-9-8-11-20(31)29-22/h8-9,11-16H,4-7,10,17H2,1-3H3. The van der Waals surface area contributed by atoms with Gasteiger partial charge in [0.2, 0.25) is 0 Å². The molecular weight excluding hydrogens is 480 g/mol. The number of aryl methyl sites for hydroxylation is 1. The van der Waals surface area contributed by atoms with Crippen molar-refractivity contribution in [3.8, 4) is 11.3 Å². The first kappa shape index (κ1) is 25.4. The molecule has 0 radical (unpaired) electrons. The Hall–Kier alpha value is -3.65. The molecular formula is C27H29ClN4O4. The Morgan fingerprint density at radius 3 is 2.28 bits per heavy atom. The topological polar surface area (TPSA) is 87.7 Å². The number of rotatable bonds is 10. The van der Waals surface area contributed by atoms with Gasteiger partial charge in [0.15, 0.2) is 16.5 Å². The van der Waals surface area contributed by atoms with Crippen LogP contribution >= 0.6 is 11.6 Å². The number of carbonyl (C=O) groups is 2. The first-order valence-electron chi connectivity index (χ1n) is 12.1. The van der Waals surface area contributed by atoms with Gasteiger partial charge in [-0.05, 0) is 38.0 Å². The molecule has 9 heteroatoms. The SMILES string of the molecule is CCCCc1nc(Cl)c(C(=O)OCC)n1Cc1ccc(-c2nc3ccccn3c2C(=O)OCC)cc1. The van der Waals surface area contributed by atoms with Crippen molar-refractivity contribution >= 4 is 29.2 Å². The number of esters is 2. The second-order valence-corrected chi connectivity index (χ2v) is 8.59. The van der Waals surface area contributed by atoms with E-state index < -0.39 is 11.9 Å². The van der Waals surface area contributed by atoms with E-state index in [9.17, 15) is 9.59 Å². The van der Waals surface area contributed by atoms with E-state index in [0.29, 0.717) is 30.0 Å². The van der Waals surface area contributed by atoms with Crippen LogP contribution in [0.3, 0.4) is 0 Å². The van der Waals surface area contributed by atoms with Crippen molar-refractivity contribution < 1.29 is 19.1 Å². The van der Waals surface area contributed by atoms with Gasteiger partial charge >= 0.3 is 11.9 Å². The van der Waals surface area contributed by atoms with Crippen molar-refractivity contribution in [2.75, 3.05) is 13.2 Å². The van der Waals surface area contributed by atoms with Gasteiger partial charge in [-0.2, -0.15) is 0 Å². The van der Waals surface area contributed by atoms with E-state index in [-0.39, 0.29) is 24.1 Å². The molecule has 0 saturated carbocycles. The molecule has 4 aromatic rings. The van der Waals surface area contributed by atoms with E-state index in [1.165, 1.54) is 0 Å². The predicted octanol–water partition coefficient (Wildman–Crippen LogP) is 5.60. The molecule has 3 aromatic heterocycles. The maximum absolute atomic E-state index is 12.8. The van der Waals surface area contributed by atoms with Gasteiger partial charge in [0.05, 0.1) is 13.2 Å². The summed E-state index contributed by atoms with van der Waals surface area (Å²) in [5, 5.41) is 0.153. The van der Waals surface area contributed by atoms with Crippen LogP contribution in [0.15, 0.2) is 48.7 Å². The number of nitrogens with zero attached hydrogens (tertiary/aromatic N) is 4. The Bertz CT molecular complexity index is 1370. The van der Waals surface area contributed by atoms with Crippen LogP contribution in [-0.2, 0) is 22.4 Å².